The van der Waals surface area contributed by atoms with Crippen LogP contribution in [0.1, 0.15) is 31.2 Å². The van der Waals surface area contributed by atoms with Gasteiger partial charge in [-0.1, -0.05) is 48.5 Å². The number of aromatic nitrogens is 1. The van der Waals surface area contributed by atoms with Crippen LogP contribution < -0.4 is 0 Å². The van der Waals surface area contributed by atoms with Gasteiger partial charge in [-0.15, -0.1) is 0 Å². The zero-order valence-electron chi connectivity index (χ0n) is 14.7. The lowest BCUT2D eigenvalue weighted by Gasteiger charge is -2.24. The van der Waals surface area contributed by atoms with Crippen molar-refractivity contribution >= 4 is 17.1 Å². The molecule has 2 unspecified atom stereocenters. The van der Waals surface area contributed by atoms with Crippen molar-refractivity contribution in [2.24, 2.45) is 10.9 Å². The Hall–Kier alpha value is -2.35. The predicted octanol–water partition coefficient (Wildman–Crippen LogP) is 5.51. The largest absolute Gasteiger partial charge is 0.347 e. The van der Waals surface area contributed by atoms with Gasteiger partial charge in [0.15, 0.2) is 0 Å². The van der Waals surface area contributed by atoms with Crippen LogP contribution in [0.15, 0.2) is 71.9 Å². The van der Waals surface area contributed by atoms with Crippen LogP contribution in [0.2, 0.25) is 0 Å². The van der Waals surface area contributed by atoms with Crippen molar-refractivity contribution in [1.29, 1.82) is 0 Å². The number of rotatable bonds is 6. The van der Waals surface area contributed by atoms with E-state index in [9.17, 15) is 0 Å². The maximum atomic E-state index is 4.77. The zero-order chi connectivity index (χ0) is 16.9. The summed E-state index contributed by atoms with van der Waals surface area (Å²) in [6, 6.07) is 22.2. The van der Waals surface area contributed by atoms with Crippen molar-refractivity contribution in [3.05, 3.63) is 72.4 Å². The van der Waals surface area contributed by atoms with Crippen molar-refractivity contribution < 1.29 is 0 Å². The number of para-hydroxylation sites is 1. The first-order chi connectivity index (χ1) is 12.4. The van der Waals surface area contributed by atoms with Gasteiger partial charge in [-0.05, 0) is 67.3 Å². The van der Waals surface area contributed by atoms with Gasteiger partial charge in [0.2, 0.25) is 0 Å². The third kappa shape index (κ3) is 4.01. The number of aryl methyl sites for hydroxylation is 1. The van der Waals surface area contributed by atoms with Crippen molar-refractivity contribution in [2.45, 2.75) is 44.7 Å². The molecule has 0 saturated heterocycles. The predicted molar refractivity (Wildman–Crippen MR) is 106 cm³/mol. The summed E-state index contributed by atoms with van der Waals surface area (Å²) in [5, 5.41) is 1.33. The van der Waals surface area contributed by atoms with Crippen LogP contribution >= 0.6 is 0 Å². The van der Waals surface area contributed by atoms with Crippen LogP contribution in [0, 0.1) is 5.92 Å². The molecule has 4 rings (SSSR count). The van der Waals surface area contributed by atoms with E-state index in [2.05, 4.69) is 77.6 Å². The monoisotopic (exact) mass is 330 g/mol. The van der Waals surface area contributed by atoms with Crippen LogP contribution in [0.4, 0.5) is 0 Å². The smallest absolute Gasteiger partial charge is 0.0499 e. The molecule has 2 nitrogen and oxygen atoms in total. The van der Waals surface area contributed by atoms with E-state index in [-0.39, 0.29) is 0 Å². The fraction of sp³-hybridized carbons (Fsp3) is 0.348. The van der Waals surface area contributed by atoms with Gasteiger partial charge in [-0.3, -0.25) is 4.99 Å². The Kier molecular flexibility index (Phi) is 4.96. The minimum atomic E-state index is 0.504. The quantitative estimate of drug-likeness (QED) is 0.567. The van der Waals surface area contributed by atoms with Crippen molar-refractivity contribution in [1.82, 2.24) is 4.57 Å². The highest BCUT2D eigenvalue weighted by atomic mass is 14.9. The SMILES string of the molecule is C1=NC(CCCn2ccc3ccccc32)CC(Cc2ccccc2)C1. The summed E-state index contributed by atoms with van der Waals surface area (Å²) in [4.78, 5) is 4.77. The number of nitrogens with zero attached hydrogens (tertiary/aromatic N) is 2. The molecule has 1 aliphatic heterocycles. The van der Waals surface area contributed by atoms with E-state index in [4.69, 9.17) is 4.99 Å². The lowest BCUT2D eigenvalue weighted by Crippen LogP contribution is -2.20. The van der Waals surface area contributed by atoms with E-state index in [1.807, 2.05) is 0 Å². The van der Waals surface area contributed by atoms with Crippen LogP contribution in [-0.2, 0) is 13.0 Å². The van der Waals surface area contributed by atoms with E-state index in [0.29, 0.717) is 6.04 Å². The Balaban J connectivity index is 1.29. The molecule has 128 valence electrons. The molecule has 0 radical (unpaired) electrons. The molecular formula is C23H26N2. The third-order valence-electron chi connectivity index (χ3n) is 5.34. The second-order valence-corrected chi connectivity index (χ2v) is 7.22. The Labute approximate surface area is 150 Å². The molecule has 0 fully saturated rings. The third-order valence-corrected chi connectivity index (χ3v) is 5.34. The average molecular weight is 330 g/mol. The number of benzene rings is 2. The van der Waals surface area contributed by atoms with E-state index >= 15 is 0 Å². The van der Waals surface area contributed by atoms with Crippen molar-refractivity contribution in [3.63, 3.8) is 0 Å². The first-order valence-corrected chi connectivity index (χ1v) is 9.48. The van der Waals surface area contributed by atoms with E-state index in [1.54, 1.807) is 0 Å². The fourth-order valence-electron chi connectivity index (χ4n) is 4.04. The molecule has 0 bridgehead atoms. The fourth-order valence-corrected chi connectivity index (χ4v) is 4.04. The first kappa shape index (κ1) is 16.1. The molecule has 2 heterocycles. The summed E-state index contributed by atoms with van der Waals surface area (Å²) in [6.07, 6.45) is 10.3. The molecule has 0 amide bonds. The maximum Gasteiger partial charge on any atom is 0.0499 e. The van der Waals surface area contributed by atoms with E-state index in [0.717, 1.165) is 18.9 Å². The van der Waals surface area contributed by atoms with Crippen LogP contribution in [-0.4, -0.2) is 16.8 Å². The molecule has 2 atom stereocenters. The normalized spacial score (nSPS) is 20.2. The van der Waals surface area contributed by atoms with Crippen molar-refractivity contribution in [2.75, 3.05) is 0 Å². The second kappa shape index (κ2) is 7.69. The molecule has 0 spiro atoms. The molecule has 2 heteroatoms. The topological polar surface area (TPSA) is 17.3 Å². The van der Waals surface area contributed by atoms with Gasteiger partial charge in [0.25, 0.3) is 0 Å². The minimum Gasteiger partial charge on any atom is -0.347 e. The number of fused-ring (bicyclic) bond motifs is 1. The molecule has 0 saturated carbocycles. The van der Waals surface area contributed by atoms with Gasteiger partial charge in [0, 0.05) is 24.3 Å². The molecule has 0 aliphatic carbocycles. The second-order valence-electron chi connectivity index (χ2n) is 7.22. The van der Waals surface area contributed by atoms with Crippen LogP contribution in [0.3, 0.4) is 0 Å². The van der Waals surface area contributed by atoms with E-state index < -0.39 is 0 Å². The van der Waals surface area contributed by atoms with Gasteiger partial charge >= 0.3 is 0 Å². The molecule has 0 N–H and O–H groups in total. The first-order valence-electron chi connectivity index (χ1n) is 9.48. The lowest BCUT2D eigenvalue weighted by molar-refractivity contribution is 0.399. The summed E-state index contributed by atoms with van der Waals surface area (Å²) in [6.45, 7) is 1.09. The number of aliphatic imine (C=N–C) groups is 1. The average Bonchev–Trinajstić information content (AvgIpc) is 3.06. The Morgan fingerprint density at radius 1 is 0.960 bits per heavy atom. The highest BCUT2D eigenvalue weighted by molar-refractivity contribution is 5.79. The zero-order valence-corrected chi connectivity index (χ0v) is 14.7. The Morgan fingerprint density at radius 3 is 2.72 bits per heavy atom. The summed E-state index contributed by atoms with van der Waals surface area (Å²) in [7, 11) is 0. The number of hydrogen-bond acceptors (Lipinski definition) is 1. The standard InChI is InChI=1S/C23H26N2/c1-2-7-19(8-3-1)17-20-12-14-24-22(18-20)10-6-15-25-16-13-21-9-4-5-11-23(21)25/h1-5,7-9,11,13-14,16,20,22H,6,10,12,15,17-18H2. The summed E-state index contributed by atoms with van der Waals surface area (Å²) < 4.78 is 2.38. The van der Waals surface area contributed by atoms with Gasteiger partial charge < -0.3 is 4.57 Å². The highest BCUT2D eigenvalue weighted by Gasteiger charge is 2.19. The Morgan fingerprint density at radius 2 is 1.80 bits per heavy atom. The van der Waals surface area contributed by atoms with Crippen molar-refractivity contribution in [3.8, 4) is 0 Å². The molecule has 1 aliphatic rings. The highest BCUT2D eigenvalue weighted by Crippen LogP contribution is 2.25. The minimum absolute atomic E-state index is 0.504. The van der Waals surface area contributed by atoms with Gasteiger partial charge in [-0.25, -0.2) is 0 Å². The summed E-state index contributed by atoms with van der Waals surface area (Å²) in [5.41, 5.74) is 2.80. The van der Waals surface area contributed by atoms with Crippen LogP contribution in [0.25, 0.3) is 10.9 Å². The molecule has 1 aromatic heterocycles. The van der Waals surface area contributed by atoms with E-state index in [1.165, 1.54) is 42.1 Å². The maximum absolute atomic E-state index is 4.77. The van der Waals surface area contributed by atoms with Gasteiger partial charge in [0.05, 0.1) is 0 Å². The molecule has 2 aromatic carbocycles. The van der Waals surface area contributed by atoms with Gasteiger partial charge in [-0.2, -0.15) is 0 Å². The molecular weight excluding hydrogens is 304 g/mol. The van der Waals surface area contributed by atoms with Gasteiger partial charge in [0.1, 0.15) is 0 Å². The Bertz CT molecular complexity index is 831. The number of hydrogen-bond donors (Lipinski definition) is 0. The summed E-state index contributed by atoms with van der Waals surface area (Å²) >= 11 is 0. The summed E-state index contributed by atoms with van der Waals surface area (Å²) in [5.74, 6) is 0.748. The molecule has 3 aromatic rings. The lowest BCUT2D eigenvalue weighted by atomic mass is 9.87. The van der Waals surface area contributed by atoms with Crippen LogP contribution in [0.5, 0.6) is 0 Å². The molecule has 25 heavy (non-hydrogen) atoms.